The molecule has 1 aromatic rings. The van der Waals surface area contributed by atoms with Gasteiger partial charge in [0.15, 0.2) is 6.10 Å². The Labute approximate surface area is 149 Å². The molecule has 2 atom stereocenters. The molecule has 1 saturated carbocycles. The maximum absolute atomic E-state index is 12.6. The molecular weight excluding hydrogens is 316 g/mol. The molecule has 5 nitrogen and oxygen atoms in total. The number of fused-ring (bicyclic) bond motifs is 1. The summed E-state index contributed by atoms with van der Waals surface area (Å²) in [6.07, 6.45) is 4.64. The number of hydrogen-bond donors (Lipinski definition) is 1. The number of nitrogens with zero attached hydrogens (tertiary/aromatic N) is 1. The largest absolute Gasteiger partial charge is 0.481 e. The summed E-state index contributed by atoms with van der Waals surface area (Å²) in [4.78, 5) is 26.8. The molecule has 1 heterocycles. The molecule has 0 saturated heterocycles. The first-order valence-corrected chi connectivity index (χ1v) is 9.40. The third-order valence-corrected chi connectivity index (χ3v) is 5.45. The van der Waals surface area contributed by atoms with Crippen LogP contribution in [0.4, 0.5) is 5.69 Å². The predicted octanol–water partition coefficient (Wildman–Crippen LogP) is 3.72. The molecular formula is C20H28N2O3. The Kier molecular flexibility index (Phi) is 5.30. The fourth-order valence-corrected chi connectivity index (χ4v) is 3.66. The Morgan fingerprint density at radius 1 is 1.36 bits per heavy atom. The van der Waals surface area contributed by atoms with Crippen molar-refractivity contribution in [3.05, 3.63) is 23.8 Å². The fourth-order valence-electron chi connectivity index (χ4n) is 3.66. The van der Waals surface area contributed by atoms with Crippen LogP contribution in [-0.2, 0) is 16.1 Å². The molecule has 3 rings (SSSR count). The Hall–Kier alpha value is -2.04. The molecule has 0 bridgehead atoms. The third-order valence-electron chi connectivity index (χ3n) is 5.45. The SMILES string of the molecule is CC[C@H](C)N1Cc2cc(NC(=O)C3CCCC3)ccc2O[C@H](C)C1=O. The third kappa shape index (κ3) is 3.80. The topological polar surface area (TPSA) is 58.6 Å². The number of carbonyl (C=O) groups excluding carboxylic acids is 2. The smallest absolute Gasteiger partial charge is 0.263 e. The highest BCUT2D eigenvalue weighted by atomic mass is 16.5. The average Bonchev–Trinajstić information content (AvgIpc) is 3.11. The number of nitrogens with one attached hydrogen (secondary N) is 1. The summed E-state index contributed by atoms with van der Waals surface area (Å²) in [5, 5.41) is 3.04. The highest BCUT2D eigenvalue weighted by Crippen LogP contribution is 2.31. The number of ether oxygens (including phenoxy) is 1. The molecule has 1 fully saturated rings. The lowest BCUT2D eigenvalue weighted by Gasteiger charge is -2.28. The van der Waals surface area contributed by atoms with Gasteiger partial charge < -0.3 is 15.0 Å². The molecule has 1 N–H and O–H groups in total. The van der Waals surface area contributed by atoms with Crippen LogP contribution >= 0.6 is 0 Å². The van der Waals surface area contributed by atoms with Crippen LogP contribution in [0.15, 0.2) is 18.2 Å². The van der Waals surface area contributed by atoms with Gasteiger partial charge >= 0.3 is 0 Å². The first-order valence-electron chi connectivity index (χ1n) is 9.40. The molecule has 0 unspecified atom stereocenters. The number of rotatable bonds is 4. The van der Waals surface area contributed by atoms with Gasteiger partial charge in [0, 0.05) is 29.8 Å². The summed E-state index contributed by atoms with van der Waals surface area (Å²) in [5.74, 6) is 0.982. The Morgan fingerprint density at radius 3 is 2.76 bits per heavy atom. The summed E-state index contributed by atoms with van der Waals surface area (Å²) in [5.41, 5.74) is 1.73. The number of anilines is 1. The van der Waals surface area contributed by atoms with Crippen LogP contribution in [0.1, 0.15) is 58.4 Å². The first kappa shape index (κ1) is 17.8. The van der Waals surface area contributed by atoms with Crippen LogP contribution in [0.2, 0.25) is 0 Å². The highest BCUT2D eigenvalue weighted by molar-refractivity contribution is 5.93. The molecule has 136 valence electrons. The Morgan fingerprint density at radius 2 is 2.08 bits per heavy atom. The highest BCUT2D eigenvalue weighted by Gasteiger charge is 2.30. The van der Waals surface area contributed by atoms with Crippen molar-refractivity contribution in [2.24, 2.45) is 5.92 Å². The van der Waals surface area contributed by atoms with Crippen molar-refractivity contribution in [2.45, 2.75) is 71.6 Å². The van der Waals surface area contributed by atoms with Crippen LogP contribution in [-0.4, -0.2) is 28.9 Å². The first-order chi connectivity index (χ1) is 12.0. The maximum Gasteiger partial charge on any atom is 0.263 e. The second kappa shape index (κ2) is 7.46. The summed E-state index contributed by atoms with van der Waals surface area (Å²) >= 11 is 0. The van der Waals surface area contributed by atoms with Crippen molar-refractivity contribution < 1.29 is 14.3 Å². The van der Waals surface area contributed by atoms with Crippen LogP contribution in [0.3, 0.4) is 0 Å². The average molecular weight is 344 g/mol. The van der Waals surface area contributed by atoms with E-state index in [1.54, 1.807) is 6.92 Å². The van der Waals surface area contributed by atoms with E-state index in [2.05, 4.69) is 19.2 Å². The van der Waals surface area contributed by atoms with E-state index in [0.29, 0.717) is 6.54 Å². The number of amides is 2. The van der Waals surface area contributed by atoms with Gasteiger partial charge in [-0.3, -0.25) is 9.59 Å². The number of hydrogen-bond acceptors (Lipinski definition) is 3. The normalized spacial score (nSPS) is 22.1. The van der Waals surface area contributed by atoms with Crippen LogP contribution in [0, 0.1) is 5.92 Å². The molecule has 1 aromatic carbocycles. The Balaban J connectivity index is 1.81. The molecule has 5 heteroatoms. The van der Waals surface area contributed by atoms with Crippen molar-refractivity contribution in [1.82, 2.24) is 4.90 Å². The zero-order valence-corrected chi connectivity index (χ0v) is 15.4. The van der Waals surface area contributed by atoms with Gasteiger partial charge in [-0.2, -0.15) is 0 Å². The van der Waals surface area contributed by atoms with Gasteiger partial charge in [-0.25, -0.2) is 0 Å². The number of carbonyl (C=O) groups is 2. The molecule has 2 aliphatic rings. The van der Waals surface area contributed by atoms with Gasteiger partial charge in [-0.15, -0.1) is 0 Å². The molecule has 1 aliphatic heterocycles. The minimum atomic E-state index is -0.492. The monoisotopic (exact) mass is 344 g/mol. The van der Waals surface area contributed by atoms with Gasteiger partial charge in [0.2, 0.25) is 5.91 Å². The van der Waals surface area contributed by atoms with E-state index in [9.17, 15) is 9.59 Å². The standard InChI is InChI=1S/C20H28N2O3/c1-4-13(2)22-12-16-11-17(21-19(23)15-7-5-6-8-15)9-10-18(16)25-14(3)20(22)24/h9-11,13-15H,4-8,12H2,1-3H3,(H,21,23)/t13-,14+/m0/s1. The van der Waals surface area contributed by atoms with Crippen LogP contribution in [0.25, 0.3) is 0 Å². The predicted molar refractivity (Wildman–Crippen MR) is 97.4 cm³/mol. The zero-order chi connectivity index (χ0) is 18.0. The second-order valence-corrected chi connectivity index (χ2v) is 7.28. The van der Waals surface area contributed by atoms with Gasteiger partial charge in [-0.05, 0) is 51.3 Å². The van der Waals surface area contributed by atoms with E-state index >= 15 is 0 Å². The number of benzene rings is 1. The Bertz CT molecular complexity index is 652. The van der Waals surface area contributed by atoms with Gasteiger partial charge in [0.05, 0.1) is 0 Å². The molecule has 0 radical (unpaired) electrons. The van der Waals surface area contributed by atoms with Crippen molar-refractivity contribution in [1.29, 1.82) is 0 Å². The van der Waals surface area contributed by atoms with Crippen molar-refractivity contribution in [3.63, 3.8) is 0 Å². The molecule has 0 spiro atoms. The van der Waals surface area contributed by atoms with E-state index in [1.165, 1.54) is 0 Å². The van der Waals surface area contributed by atoms with Gasteiger partial charge in [-0.1, -0.05) is 19.8 Å². The quantitative estimate of drug-likeness (QED) is 0.905. The zero-order valence-electron chi connectivity index (χ0n) is 15.4. The van der Waals surface area contributed by atoms with Crippen molar-refractivity contribution in [3.8, 4) is 5.75 Å². The summed E-state index contributed by atoms with van der Waals surface area (Å²) < 4.78 is 5.85. The van der Waals surface area contributed by atoms with E-state index in [-0.39, 0.29) is 23.8 Å². The summed E-state index contributed by atoms with van der Waals surface area (Å²) in [7, 11) is 0. The van der Waals surface area contributed by atoms with Crippen molar-refractivity contribution in [2.75, 3.05) is 5.32 Å². The van der Waals surface area contributed by atoms with E-state index < -0.39 is 6.10 Å². The summed E-state index contributed by atoms with van der Waals surface area (Å²) in [6.45, 7) is 6.44. The second-order valence-electron chi connectivity index (χ2n) is 7.28. The van der Waals surface area contributed by atoms with Crippen molar-refractivity contribution >= 4 is 17.5 Å². The van der Waals surface area contributed by atoms with Gasteiger partial charge in [0.1, 0.15) is 5.75 Å². The van der Waals surface area contributed by atoms with E-state index in [0.717, 1.165) is 49.1 Å². The summed E-state index contributed by atoms with van der Waals surface area (Å²) in [6, 6.07) is 5.83. The lowest BCUT2D eigenvalue weighted by molar-refractivity contribution is -0.139. The molecule has 1 aliphatic carbocycles. The lowest BCUT2D eigenvalue weighted by atomic mass is 10.1. The minimum Gasteiger partial charge on any atom is -0.481 e. The molecule has 2 amide bonds. The maximum atomic E-state index is 12.6. The molecule has 25 heavy (non-hydrogen) atoms. The van der Waals surface area contributed by atoms with E-state index in [4.69, 9.17) is 4.74 Å². The lowest BCUT2D eigenvalue weighted by Crippen LogP contribution is -2.42. The van der Waals surface area contributed by atoms with Crippen LogP contribution < -0.4 is 10.1 Å². The fraction of sp³-hybridized carbons (Fsp3) is 0.600. The molecule has 0 aromatic heterocycles. The van der Waals surface area contributed by atoms with E-state index in [1.807, 2.05) is 23.1 Å². The van der Waals surface area contributed by atoms with Gasteiger partial charge in [0.25, 0.3) is 5.91 Å². The minimum absolute atomic E-state index is 0.0158. The van der Waals surface area contributed by atoms with Crippen LogP contribution in [0.5, 0.6) is 5.75 Å².